The minimum Gasteiger partial charge on any atom is -0.444 e. The van der Waals surface area contributed by atoms with Gasteiger partial charge in [-0.15, -0.1) is 0 Å². The lowest BCUT2D eigenvalue weighted by molar-refractivity contribution is 0.0530. The van der Waals surface area contributed by atoms with Crippen molar-refractivity contribution in [1.29, 1.82) is 5.26 Å². The molecule has 0 saturated carbocycles. The summed E-state index contributed by atoms with van der Waals surface area (Å²) >= 11 is 0. The summed E-state index contributed by atoms with van der Waals surface area (Å²) in [5.74, 6) is -1.72. The van der Waals surface area contributed by atoms with Crippen LogP contribution in [0.25, 0.3) is 0 Å². The van der Waals surface area contributed by atoms with Crippen molar-refractivity contribution in [2.45, 2.75) is 26.4 Å². The van der Waals surface area contributed by atoms with Crippen LogP contribution in [-0.4, -0.2) is 24.8 Å². The number of carbonyl (C=O) groups excluding carboxylic acids is 1. The van der Waals surface area contributed by atoms with Crippen LogP contribution in [0.4, 0.5) is 19.3 Å². The van der Waals surface area contributed by atoms with Crippen molar-refractivity contribution in [2.24, 2.45) is 0 Å². The number of hydrogen-bond donors (Lipinski definition) is 2. The molecule has 0 heterocycles. The maximum Gasteiger partial charge on any atom is 0.407 e. The first-order valence-corrected chi connectivity index (χ1v) is 6.33. The smallest absolute Gasteiger partial charge is 0.407 e. The van der Waals surface area contributed by atoms with Gasteiger partial charge in [-0.05, 0) is 32.9 Å². The van der Waals surface area contributed by atoms with Gasteiger partial charge >= 0.3 is 6.09 Å². The van der Waals surface area contributed by atoms with Crippen molar-refractivity contribution < 1.29 is 18.3 Å². The molecule has 2 N–H and O–H groups in total. The van der Waals surface area contributed by atoms with Crippen molar-refractivity contribution in [3.8, 4) is 6.07 Å². The SMILES string of the molecule is CC(C)(C)OC(=O)NCCNc1c(F)cc(C#N)cc1F. The predicted octanol–water partition coefficient (Wildman–Crippen LogP) is 2.77. The van der Waals surface area contributed by atoms with Crippen LogP contribution in [0.5, 0.6) is 0 Å². The molecule has 0 aliphatic rings. The first-order valence-electron chi connectivity index (χ1n) is 6.33. The fourth-order valence-corrected chi connectivity index (χ4v) is 1.47. The lowest BCUT2D eigenvalue weighted by atomic mass is 10.2. The normalized spacial score (nSPS) is 10.7. The van der Waals surface area contributed by atoms with Gasteiger partial charge in [0, 0.05) is 13.1 Å². The number of benzene rings is 1. The number of rotatable bonds is 4. The summed E-state index contributed by atoms with van der Waals surface area (Å²) in [5.41, 5.74) is -1.04. The van der Waals surface area contributed by atoms with Gasteiger partial charge in [0.05, 0.1) is 11.6 Å². The van der Waals surface area contributed by atoms with E-state index >= 15 is 0 Å². The molecule has 21 heavy (non-hydrogen) atoms. The van der Waals surface area contributed by atoms with E-state index in [1.165, 1.54) is 0 Å². The molecule has 1 aromatic rings. The Kier molecular flexibility index (Phi) is 5.47. The summed E-state index contributed by atoms with van der Waals surface area (Å²) in [6.45, 7) is 5.43. The van der Waals surface area contributed by atoms with Crippen molar-refractivity contribution in [3.05, 3.63) is 29.3 Å². The molecule has 0 bridgehead atoms. The standard InChI is InChI=1S/C14H17F2N3O2/c1-14(2,3)21-13(20)19-5-4-18-12-10(15)6-9(8-17)7-11(12)16/h6-7,18H,4-5H2,1-3H3,(H,19,20). The molecule has 0 atom stereocenters. The molecule has 0 radical (unpaired) electrons. The molecular weight excluding hydrogens is 280 g/mol. The molecule has 0 unspecified atom stereocenters. The van der Waals surface area contributed by atoms with E-state index < -0.39 is 23.3 Å². The van der Waals surface area contributed by atoms with Crippen molar-refractivity contribution in [2.75, 3.05) is 18.4 Å². The summed E-state index contributed by atoms with van der Waals surface area (Å²) in [7, 11) is 0. The van der Waals surface area contributed by atoms with E-state index in [0.717, 1.165) is 12.1 Å². The Labute approximate surface area is 121 Å². The fourth-order valence-electron chi connectivity index (χ4n) is 1.47. The average Bonchev–Trinajstić information content (AvgIpc) is 2.34. The van der Waals surface area contributed by atoms with Crippen LogP contribution < -0.4 is 10.6 Å². The molecule has 0 spiro atoms. The van der Waals surface area contributed by atoms with E-state index in [-0.39, 0.29) is 24.3 Å². The van der Waals surface area contributed by atoms with Crippen molar-refractivity contribution in [1.82, 2.24) is 5.32 Å². The Morgan fingerprint density at radius 1 is 1.29 bits per heavy atom. The third-order valence-electron chi connectivity index (χ3n) is 2.27. The summed E-state index contributed by atoms with van der Waals surface area (Å²) < 4.78 is 32.1. The van der Waals surface area contributed by atoms with E-state index in [4.69, 9.17) is 10.00 Å². The van der Waals surface area contributed by atoms with Gasteiger partial charge in [-0.1, -0.05) is 0 Å². The van der Waals surface area contributed by atoms with Gasteiger partial charge in [0.2, 0.25) is 0 Å². The number of ether oxygens (including phenoxy) is 1. The molecule has 0 aliphatic heterocycles. The zero-order valence-electron chi connectivity index (χ0n) is 12.1. The minimum absolute atomic E-state index is 0.0950. The number of nitrogens with zero attached hydrogens (tertiary/aromatic N) is 1. The van der Waals surface area contributed by atoms with Crippen LogP contribution in [0.3, 0.4) is 0 Å². The average molecular weight is 297 g/mol. The summed E-state index contributed by atoms with van der Waals surface area (Å²) in [6, 6.07) is 3.53. The molecule has 1 amide bonds. The first kappa shape index (κ1) is 16.7. The van der Waals surface area contributed by atoms with Crippen LogP contribution in [-0.2, 0) is 4.74 Å². The van der Waals surface area contributed by atoms with Crippen LogP contribution in [0.1, 0.15) is 26.3 Å². The number of amides is 1. The Balaban J connectivity index is 2.47. The topological polar surface area (TPSA) is 74.2 Å². The molecule has 0 aliphatic carbocycles. The maximum absolute atomic E-state index is 13.5. The molecule has 7 heteroatoms. The monoisotopic (exact) mass is 297 g/mol. The molecule has 0 aromatic heterocycles. The second-order valence-corrected chi connectivity index (χ2v) is 5.28. The fraction of sp³-hybridized carbons (Fsp3) is 0.429. The number of carbonyl (C=O) groups is 1. The van der Waals surface area contributed by atoms with Gasteiger partial charge in [-0.3, -0.25) is 0 Å². The van der Waals surface area contributed by atoms with Crippen LogP contribution in [0, 0.1) is 23.0 Å². The molecule has 0 saturated heterocycles. The van der Waals surface area contributed by atoms with Gasteiger partial charge in [-0.2, -0.15) is 5.26 Å². The van der Waals surface area contributed by atoms with Gasteiger partial charge in [0.1, 0.15) is 11.3 Å². The maximum atomic E-state index is 13.5. The largest absolute Gasteiger partial charge is 0.444 e. The highest BCUT2D eigenvalue weighted by atomic mass is 19.1. The molecule has 0 fully saturated rings. The summed E-state index contributed by atoms with van der Waals surface area (Å²) in [6.07, 6.45) is -0.606. The number of nitriles is 1. The highest BCUT2D eigenvalue weighted by molar-refractivity contribution is 5.67. The Hall–Kier alpha value is -2.36. The van der Waals surface area contributed by atoms with Gasteiger partial charge in [0.25, 0.3) is 0 Å². The van der Waals surface area contributed by atoms with E-state index in [1.807, 2.05) is 0 Å². The highest BCUT2D eigenvalue weighted by Gasteiger charge is 2.15. The third-order valence-corrected chi connectivity index (χ3v) is 2.27. The van der Waals surface area contributed by atoms with E-state index in [9.17, 15) is 13.6 Å². The zero-order valence-corrected chi connectivity index (χ0v) is 12.1. The summed E-state index contributed by atoms with van der Waals surface area (Å²) in [4.78, 5) is 11.3. The van der Waals surface area contributed by atoms with Crippen LogP contribution in [0.15, 0.2) is 12.1 Å². The Morgan fingerprint density at radius 2 is 1.86 bits per heavy atom. The molecule has 1 rings (SSSR count). The number of halogens is 2. The number of alkyl carbamates (subject to hydrolysis) is 1. The first-order chi connectivity index (χ1) is 9.73. The van der Waals surface area contributed by atoms with Gasteiger partial charge in [0.15, 0.2) is 11.6 Å². The number of anilines is 1. The van der Waals surface area contributed by atoms with E-state index in [0.29, 0.717) is 0 Å². The lowest BCUT2D eigenvalue weighted by Gasteiger charge is -2.19. The lowest BCUT2D eigenvalue weighted by Crippen LogP contribution is -2.35. The summed E-state index contributed by atoms with van der Waals surface area (Å²) in [5, 5.41) is 13.6. The number of nitrogens with one attached hydrogen (secondary N) is 2. The van der Waals surface area contributed by atoms with Crippen LogP contribution in [0.2, 0.25) is 0 Å². The molecule has 114 valence electrons. The second-order valence-electron chi connectivity index (χ2n) is 5.28. The molecule has 5 nitrogen and oxygen atoms in total. The highest BCUT2D eigenvalue weighted by Crippen LogP contribution is 2.20. The third kappa shape index (κ3) is 5.65. The quantitative estimate of drug-likeness (QED) is 0.838. The Bertz CT molecular complexity index is 539. The Morgan fingerprint density at radius 3 is 2.33 bits per heavy atom. The van der Waals surface area contributed by atoms with E-state index in [1.54, 1.807) is 26.8 Å². The number of hydrogen-bond acceptors (Lipinski definition) is 4. The second kappa shape index (κ2) is 6.88. The molecular formula is C14H17F2N3O2. The molecule has 1 aromatic carbocycles. The predicted molar refractivity (Wildman–Crippen MR) is 73.8 cm³/mol. The van der Waals surface area contributed by atoms with Crippen LogP contribution >= 0.6 is 0 Å². The van der Waals surface area contributed by atoms with Gasteiger partial charge in [-0.25, -0.2) is 13.6 Å². The zero-order chi connectivity index (χ0) is 16.0. The van der Waals surface area contributed by atoms with Crippen molar-refractivity contribution >= 4 is 11.8 Å². The van der Waals surface area contributed by atoms with Gasteiger partial charge < -0.3 is 15.4 Å². The minimum atomic E-state index is -0.858. The van der Waals surface area contributed by atoms with Crippen molar-refractivity contribution in [3.63, 3.8) is 0 Å². The van der Waals surface area contributed by atoms with E-state index in [2.05, 4.69) is 10.6 Å².